The van der Waals surface area contributed by atoms with Gasteiger partial charge >= 0.3 is 0 Å². The summed E-state index contributed by atoms with van der Waals surface area (Å²) in [4.78, 5) is 25.0. The first-order valence-corrected chi connectivity index (χ1v) is 9.16. The maximum Gasteiger partial charge on any atom is 0.249 e. The number of carbonyl (C=O) groups excluding carboxylic acids is 2. The number of nitrogens with one attached hydrogen (secondary N) is 2. The smallest absolute Gasteiger partial charge is 0.249 e. The van der Waals surface area contributed by atoms with E-state index in [-0.39, 0.29) is 12.3 Å². The third-order valence-electron chi connectivity index (χ3n) is 4.75. The molecule has 1 atom stereocenters. The number of hydrogen-bond donors (Lipinski definition) is 2. The van der Waals surface area contributed by atoms with Crippen molar-refractivity contribution in [1.29, 1.82) is 0 Å². The highest BCUT2D eigenvalue weighted by Gasteiger charge is 2.32. The van der Waals surface area contributed by atoms with E-state index in [0.717, 1.165) is 5.56 Å². The second-order valence-electron chi connectivity index (χ2n) is 6.70. The first-order valence-electron chi connectivity index (χ1n) is 9.16. The Balaban J connectivity index is 1.66. The van der Waals surface area contributed by atoms with Crippen LogP contribution in [0.2, 0.25) is 0 Å². The molecule has 0 saturated carbocycles. The quantitative estimate of drug-likeness (QED) is 0.674. The van der Waals surface area contributed by atoms with E-state index < -0.39 is 17.8 Å². The van der Waals surface area contributed by atoms with Gasteiger partial charge in [0.05, 0.1) is 26.3 Å². The summed E-state index contributed by atoms with van der Waals surface area (Å²) in [6, 6.07) is 11.7. The van der Waals surface area contributed by atoms with Crippen LogP contribution in [0.15, 0.2) is 48.5 Å². The molecule has 2 N–H and O–H groups in total. The van der Waals surface area contributed by atoms with E-state index in [0.29, 0.717) is 28.7 Å². The monoisotopic (exact) mass is 410 g/mol. The fraction of sp³-hybridized carbons (Fsp3) is 0.190. The van der Waals surface area contributed by atoms with Gasteiger partial charge in [-0.25, -0.2) is 9.07 Å². The number of ether oxygens (including phenoxy) is 2. The average Bonchev–Trinajstić information content (AvgIpc) is 3.16. The molecule has 2 amide bonds. The van der Waals surface area contributed by atoms with Gasteiger partial charge in [0.1, 0.15) is 17.7 Å². The Bertz CT molecular complexity index is 1130. The first kappa shape index (κ1) is 19.4. The summed E-state index contributed by atoms with van der Waals surface area (Å²) in [6.45, 7) is 0. The van der Waals surface area contributed by atoms with Gasteiger partial charge in [-0.15, -0.1) is 0 Å². The maximum atomic E-state index is 13.4. The molecule has 0 unspecified atom stereocenters. The number of methoxy groups -OCH3 is 2. The van der Waals surface area contributed by atoms with Gasteiger partial charge in [0.2, 0.25) is 11.8 Å². The van der Waals surface area contributed by atoms with Crippen molar-refractivity contribution in [3.05, 3.63) is 54.3 Å². The van der Waals surface area contributed by atoms with Crippen molar-refractivity contribution in [3.63, 3.8) is 0 Å². The summed E-state index contributed by atoms with van der Waals surface area (Å²) in [6.07, 6.45) is -0.0821. The largest absolute Gasteiger partial charge is 0.493 e. The molecule has 4 rings (SSSR count). The predicted molar refractivity (Wildman–Crippen MR) is 108 cm³/mol. The molecule has 0 fully saturated rings. The van der Waals surface area contributed by atoms with Crippen molar-refractivity contribution < 1.29 is 23.5 Å². The van der Waals surface area contributed by atoms with Crippen molar-refractivity contribution in [3.8, 4) is 22.8 Å². The van der Waals surface area contributed by atoms with Crippen LogP contribution in [0.1, 0.15) is 12.5 Å². The average molecular weight is 410 g/mol. The molecule has 9 heteroatoms. The van der Waals surface area contributed by atoms with Crippen molar-refractivity contribution in [2.45, 2.75) is 12.5 Å². The fourth-order valence-corrected chi connectivity index (χ4v) is 3.31. The van der Waals surface area contributed by atoms with Crippen molar-refractivity contribution in [2.75, 3.05) is 24.9 Å². The number of halogens is 1. The van der Waals surface area contributed by atoms with Gasteiger partial charge in [-0.1, -0.05) is 6.07 Å². The van der Waals surface area contributed by atoms with Crippen LogP contribution in [0.5, 0.6) is 11.5 Å². The molecular formula is C21H19FN4O4. The van der Waals surface area contributed by atoms with Crippen LogP contribution in [0.25, 0.3) is 11.3 Å². The molecular weight excluding hydrogens is 391 g/mol. The van der Waals surface area contributed by atoms with E-state index in [2.05, 4.69) is 15.7 Å². The van der Waals surface area contributed by atoms with Crippen LogP contribution in [-0.2, 0) is 9.59 Å². The van der Waals surface area contributed by atoms with E-state index in [1.54, 1.807) is 37.4 Å². The lowest BCUT2D eigenvalue weighted by molar-refractivity contribution is -0.125. The number of rotatable bonds is 5. The minimum atomic E-state index is -0.870. The van der Waals surface area contributed by atoms with E-state index in [1.807, 2.05) is 0 Å². The van der Waals surface area contributed by atoms with Gasteiger partial charge in [0.15, 0.2) is 11.5 Å². The molecule has 3 aromatic rings. The molecule has 0 aliphatic carbocycles. The summed E-state index contributed by atoms with van der Waals surface area (Å²) < 4.78 is 25.5. The van der Waals surface area contributed by atoms with Crippen LogP contribution >= 0.6 is 0 Å². The van der Waals surface area contributed by atoms with Gasteiger partial charge in [-0.2, -0.15) is 5.10 Å². The lowest BCUT2D eigenvalue weighted by Crippen LogP contribution is -2.35. The van der Waals surface area contributed by atoms with E-state index in [4.69, 9.17) is 9.47 Å². The zero-order valence-electron chi connectivity index (χ0n) is 16.3. The second-order valence-corrected chi connectivity index (χ2v) is 6.70. The van der Waals surface area contributed by atoms with Crippen LogP contribution < -0.4 is 20.1 Å². The Hall–Kier alpha value is -3.88. The normalized spacial score (nSPS) is 15.2. The van der Waals surface area contributed by atoms with Crippen LogP contribution in [0.3, 0.4) is 0 Å². The highest BCUT2D eigenvalue weighted by Crippen LogP contribution is 2.34. The SMILES string of the molecule is COc1ccc(-c2cc3n(n2)[C@H](C(=O)Nc2cccc(F)c2)CC(=O)N3)cc1OC. The van der Waals surface area contributed by atoms with Crippen LogP contribution in [-0.4, -0.2) is 35.8 Å². The van der Waals surface area contributed by atoms with Crippen LogP contribution in [0.4, 0.5) is 15.9 Å². The number of benzene rings is 2. The summed E-state index contributed by atoms with van der Waals surface area (Å²) in [5, 5.41) is 9.88. The van der Waals surface area contributed by atoms with Crippen LogP contribution in [0, 0.1) is 5.82 Å². The minimum Gasteiger partial charge on any atom is -0.493 e. The highest BCUT2D eigenvalue weighted by atomic mass is 19.1. The Kier molecular flexibility index (Phi) is 5.09. The number of nitrogens with zero attached hydrogens (tertiary/aromatic N) is 2. The van der Waals surface area contributed by atoms with Gasteiger partial charge in [-0.05, 0) is 36.4 Å². The number of amides is 2. The number of aromatic nitrogens is 2. The highest BCUT2D eigenvalue weighted by molar-refractivity contribution is 6.01. The molecule has 2 heterocycles. The van der Waals surface area contributed by atoms with Gasteiger partial charge in [0.25, 0.3) is 0 Å². The predicted octanol–water partition coefficient (Wildman–Crippen LogP) is 3.23. The maximum absolute atomic E-state index is 13.4. The van der Waals surface area contributed by atoms with Gasteiger partial charge in [0, 0.05) is 17.3 Å². The number of hydrogen-bond acceptors (Lipinski definition) is 5. The summed E-state index contributed by atoms with van der Waals surface area (Å²) >= 11 is 0. The van der Waals surface area contributed by atoms with E-state index in [9.17, 15) is 14.0 Å². The Labute approximate surface area is 171 Å². The molecule has 0 bridgehead atoms. The lowest BCUT2D eigenvalue weighted by Gasteiger charge is -2.23. The molecule has 154 valence electrons. The topological polar surface area (TPSA) is 94.5 Å². The zero-order valence-corrected chi connectivity index (χ0v) is 16.3. The zero-order chi connectivity index (χ0) is 21.3. The molecule has 1 aromatic heterocycles. The summed E-state index contributed by atoms with van der Waals surface area (Å²) in [7, 11) is 3.08. The number of fused-ring (bicyclic) bond motifs is 1. The molecule has 0 radical (unpaired) electrons. The molecule has 0 spiro atoms. The first-order chi connectivity index (χ1) is 14.5. The van der Waals surface area contributed by atoms with Crippen molar-refractivity contribution in [1.82, 2.24) is 9.78 Å². The van der Waals surface area contributed by atoms with Crippen molar-refractivity contribution in [2.24, 2.45) is 0 Å². The molecule has 2 aromatic carbocycles. The van der Waals surface area contributed by atoms with E-state index in [1.165, 1.54) is 30.0 Å². The molecule has 30 heavy (non-hydrogen) atoms. The molecule has 1 aliphatic heterocycles. The Morgan fingerprint density at radius 2 is 1.97 bits per heavy atom. The molecule has 8 nitrogen and oxygen atoms in total. The second kappa shape index (κ2) is 7.86. The third kappa shape index (κ3) is 3.69. The number of anilines is 2. The third-order valence-corrected chi connectivity index (χ3v) is 4.75. The fourth-order valence-electron chi connectivity index (χ4n) is 3.31. The van der Waals surface area contributed by atoms with Crippen molar-refractivity contribution >= 4 is 23.3 Å². The van der Waals surface area contributed by atoms with Gasteiger partial charge in [-0.3, -0.25) is 9.59 Å². The molecule has 0 saturated heterocycles. The summed E-state index contributed by atoms with van der Waals surface area (Å²) in [5.74, 6) is 0.274. The van der Waals surface area contributed by atoms with E-state index >= 15 is 0 Å². The standard InChI is InChI=1S/C21H19FN4O4/c1-29-17-7-6-12(8-18(17)30-2)15-10-19-24-20(27)11-16(26(19)25-15)21(28)23-14-5-3-4-13(22)9-14/h3-10,16H,11H2,1-2H3,(H,23,28)(H,24,27)/t16-/m0/s1. The summed E-state index contributed by atoms with van der Waals surface area (Å²) in [5.41, 5.74) is 1.59. The Morgan fingerprint density at radius 1 is 1.17 bits per heavy atom. The Morgan fingerprint density at radius 3 is 2.70 bits per heavy atom. The lowest BCUT2D eigenvalue weighted by atomic mass is 10.1. The minimum absolute atomic E-state index is 0.0821. The molecule has 1 aliphatic rings. The number of carbonyl (C=O) groups is 2. The van der Waals surface area contributed by atoms with Gasteiger partial charge < -0.3 is 20.1 Å².